The third-order valence-corrected chi connectivity index (χ3v) is 3.97. The van der Waals surface area contributed by atoms with E-state index >= 15 is 0 Å². The monoisotopic (exact) mass is 291 g/mol. The Hall–Kier alpha value is -2.95. The van der Waals surface area contributed by atoms with E-state index in [1.165, 1.54) is 0 Å². The van der Waals surface area contributed by atoms with Gasteiger partial charge in [-0.15, -0.1) is 0 Å². The van der Waals surface area contributed by atoms with Gasteiger partial charge < -0.3 is 5.11 Å². The largest absolute Gasteiger partial charge is 0.476 e. The lowest BCUT2D eigenvalue weighted by atomic mass is 10.1. The van der Waals surface area contributed by atoms with Gasteiger partial charge in [0.1, 0.15) is 0 Å². The first kappa shape index (κ1) is 12.8. The normalized spacial score (nSPS) is 12.0. The number of benzene rings is 1. The van der Waals surface area contributed by atoms with E-state index < -0.39 is 5.97 Å². The number of nitrogens with zero attached hydrogens (tertiary/aromatic N) is 3. The second kappa shape index (κ2) is 4.53. The highest BCUT2D eigenvalue weighted by atomic mass is 16.4. The summed E-state index contributed by atoms with van der Waals surface area (Å²) in [6.45, 7) is 1.91. The highest BCUT2D eigenvalue weighted by molar-refractivity contribution is 5.92. The van der Waals surface area contributed by atoms with Crippen LogP contribution in [0, 0.1) is 6.92 Å². The summed E-state index contributed by atoms with van der Waals surface area (Å²) in [6.07, 6.45) is 2.32. The van der Waals surface area contributed by atoms with Crippen LogP contribution in [0.1, 0.15) is 27.3 Å². The van der Waals surface area contributed by atoms with Crippen molar-refractivity contribution in [2.24, 2.45) is 0 Å². The van der Waals surface area contributed by atoms with Crippen molar-refractivity contribution < 1.29 is 9.90 Å². The number of carboxylic acids is 1. The highest BCUT2D eigenvalue weighted by Crippen LogP contribution is 2.39. The van der Waals surface area contributed by atoms with Gasteiger partial charge in [0, 0.05) is 23.2 Å². The fourth-order valence-electron chi connectivity index (χ4n) is 2.93. The molecule has 2 heterocycles. The van der Waals surface area contributed by atoms with Crippen molar-refractivity contribution in [2.75, 3.05) is 0 Å². The summed E-state index contributed by atoms with van der Waals surface area (Å²) in [5, 5.41) is 13.7. The minimum Gasteiger partial charge on any atom is -0.476 e. The summed E-state index contributed by atoms with van der Waals surface area (Å²) in [5.41, 5.74) is 5.60. The van der Waals surface area contributed by atoms with Crippen LogP contribution < -0.4 is 0 Å². The molecule has 1 aliphatic rings. The van der Waals surface area contributed by atoms with Gasteiger partial charge in [-0.25, -0.2) is 9.48 Å². The van der Waals surface area contributed by atoms with Gasteiger partial charge in [0.2, 0.25) is 0 Å². The predicted molar refractivity (Wildman–Crippen MR) is 81.3 cm³/mol. The Morgan fingerprint density at radius 1 is 1.23 bits per heavy atom. The molecule has 0 atom stereocenters. The van der Waals surface area contributed by atoms with Crippen LogP contribution in [0.4, 0.5) is 0 Å². The molecule has 2 aromatic heterocycles. The average molecular weight is 291 g/mol. The molecule has 0 fully saturated rings. The predicted octanol–water partition coefficient (Wildman–Crippen LogP) is 2.85. The summed E-state index contributed by atoms with van der Waals surface area (Å²) in [7, 11) is 0. The van der Waals surface area contributed by atoms with Gasteiger partial charge in [0.15, 0.2) is 5.69 Å². The molecule has 5 heteroatoms. The van der Waals surface area contributed by atoms with E-state index in [1.807, 2.05) is 43.3 Å². The number of aromatic nitrogens is 3. The van der Waals surface area contributed by atoms with Gasteiger partial charge >= 0.3 is 5.97 Å². The molecule has 0 radical (unpaired) electrons. The fourth-order valence-corrected chi connectivity index (χ4v) is 2.93. The highest BCUT2D eigenvalue weighted by Gasteiger charge is 2.30. The molecule has 0 spiro atoms. The molecule has 4 rings (SSSR count). The fraction of sp³-hybridized carbons (Fsp3) is 0.118. The lowest BCUT2D eigenvalue weighted by Crippen LogP contribution is -2.04. The Balaban J connectivity index is 2.00. The van der Waals surface area contributed by atoms with E-state index in [1.54, 1.807) is 10.9 Å². The van der Waals surface area contributed by atoms with Gasteiger partial charge in [-0.2, -0.15) is 5.10 Å². The zero-order valence-corrected chi connectivity index (χ0v) is 11.9. The lowest BCUT2D eigenvalue weighted by molar-refractivity contribution is 0.0689. The maximum Gasteiger partial charge on any atom is 0.356 e. The first-order chi connectivity index (χ1) is 10.6. The Kier molecular flexibility index (Phi) is 2.63. The molecule has 3 aromatic rings. The van der Waals surface area contributed by atoms with Crippen LogP contribution in [0.5, 0.6) is 0 Å². The summed E-state index contributed by atoms with van der Waals surface area (Å²) < 4.78 is 1.69. The van der Waals surface area contributed by atoms with Crippen LogP contribution in [0.3, 0.4) is 0 Å². The quantitative estimate of drug-likeness (QED) is 0.616. The molecule has 0 unspecified atom stereocenters. The molecule has 0 bridgehead atoms. The number of carboxylic acid groups (broad SMARTS) is 1. The summed E-state index contributed by atoms with van der Waals surface area (Å²) in [6, 6.07) is 11.8. The molecule has 0 amide bonds. The van der Waals surface area contributed by atoms with Crippen LogP contribution >= 0.6 is 0 Å². The minimum atomic E-state index is -0.997. The van der Waals surface area contributed by atoms with Gasteiger partial charge in [0.25, 0.3) is 0 Å². The second-order valence-corrected chi connectivity index (χ2v) is 5.38. The van der Waals surface area contributed by atoms with Crippen molar-refractivity contribution in [2.45, 2.75) is 13.3 Å². The molecule has 22 heavy (non-hydrogen) atoms. The van der Waals surface area contributed by atoms with Gasteiger partial charge in [-0.05, 0) is 24.6 Å². The van der Waals surface area contributed by atoms with Crippen LogP contribution in [0.2, 0.25) is 0 Å². The number of hydrogen-bond donors (Lipinski definition) is 1. The van der Waals surface area contributed by atoms with Crippen molar-refractivity contribution in [3.8, 4) is 16.9 Å². The van der Waals surface area contributed by atoms with Crippen LogP contribution in [-0.2, 0) is 6.42 Å². The van der Waals surface area contributed by atoms with Crippen molar-refractivity contribution >= 4 is 5.97 Å². The van der Waals surface area contributed by atoms with Gasteiger partial charge in [-0.1, -0.05) is 24.3 Å². The molecule has 1 N–H and O–H groups in total. The van der Waals surface area contributed by atoms with Crippen LogP contribution in [-0.4, -0.2) is 25.8 Å². The molecule has 0 saturated heterocycles. The van der Waals surface area contributed by atoms with Crippen molar-refractivity contribution in [3.63, 3.8) is 0 Å². The van der Waals surface area contributed by atoms with Crippen molar-refractivity contribution in [1.82, 2.24) is 14.8 Å². The number of carbonyl (C=O) groups is 1. The van der Waals surface area contributed by atoms with E-state index in [2.05, 4.69) is 10.1 Å². The molecule has 5 nitrogen and oxygen atoms in total. The molecule has 0 aliphatic heterocycles. The Morgan fingerprint density at radius 3 is 2.77 bits per heavy atom. The van der Waals surface area contributed by atoms with Crippen LogP contribution in [0.15, 0.2) is 42.6 Å². The van der Waals surface area contributed by atoms with Gasteiger partial charge in [-0.3, -0.25) is 4.98 Å². The van der Waals surface area contributed by atoms with E-state index in [9.17, 15) is 9.90 Å². The summed E-state index contributed by atoms with van der Waals surface area (Å²) >= 11 is 0. The Bertz CT molecular complexity index is 895. The maximum atomic E-state index is 11.5. The second-order valence-electron chi connectivity index (χ2n) is 5.38. The SMILES string of the molecule is Cc1ccc(-n2nc(C(=O)O)c3c2-c2ccccc2C3)cn1. The van der Waals surface area contributed by atoms with Crippen molar-refractivity contribution in [1.29, 1.82) is 0 Å². The lowest BCUT2D eigenvalue weighted by Gasteiger charge is -2.07. The number of rotatable bonds is 2. The summed E-state index contributed by atoms with van der Waals surface area (Å²) in [4.78, 5) is 15.8. The van der Waals surface area contributed by atoms with Crippen LogP contribution in [0.25, 0.3) is 16.9 Å². The maximum absolute atomic E-state index is 11.5. The number of pyridine rings is 1. The molecular weight excluding hydrogens is 278 g/mol. The standard InChI is InChI=1S/C17H13N3O2/c1-10-6-7-12(9-18-10)20-16-13-5-3-2-4-11(13)8-14(16)15(19-20)17(21)22/h2-7,9H,8H2,1H3,(H,21,22). The first-order valence-corrected chi connectivity index (χ1v) is 7.01. The first-order valence-electron chi connectivity index (χ1n) is 7.01. The smallest absolute Gasteiger partial charge is 0.356 e. The average Bonchev–Trinajstić information content (AvgIpc) is 3.05. The topological polar surface area (TPSA) is 68.0 Å². The third-order valence-electron chi connectivity index (χ3n) is 3.97. The molecule has 1 aliphatic carbocycles. The minimum absolute atomic E-state index is 0.117. The Morgan fingerprint density at radius 2 is 2.05 bits per heavy atom. The zero-order valence-electron chi connectivity index (χ0n) is 11.9. The third kappa shape index (κ3) is 1.75. The number of hydrogen-bond acceptors (Lipinski definition) is 3. The van der Waals surface area contributed by atoms with E-state index in [-0.39, 0.29) is 5.69 Å². The molecule has 1 aromatic carbocycles. The van der Waals surface area contributed by atoms with E-state index in [4.69, 9.17) is 0 Å². The summed E-state index contributed by atoms with van der Waals surface area (Å²) in [5.74, 6) is -0.997. The zero-order chi connectivity index (χ0) is 15.3. The molecule has 108 valence electrons. The molecule has 0 saturated carbocycles. The van der Waals surface area contributed by atoms with Crippen molar-refractivity contribution in [3.05, 3.63) is 65.1 Å². The molecular formula is C17H13N3O2. The number of fused-ring (bicyclic) bond motifs is 3. The Labute approximate surface area is 126 Å². The van der Waals surface area contributed by atoms with E-state index in [0.717, 1.165) is 33.8 Å². The van der Waals surface area contributed by atoms with E-state index in [0.29, 0.717) is 6.42 Å². The van der Waals surface area contributed by atoms with Gasteiger partial charge in [0.05, 0.1) is 17.6 Å². The number of aromatic carboxylic acids is 1. The number of aryl methyl sites for hydroxylation is 1.